The molecule has 5 nitrogen and oxygen atoms in total. The van der Waals surface area contributed by atoms with Gasteiger partial charge in [-0.3, -0.25) is 4.79 Å². The van der Waals surface area contributed by atoms with Crippen LogP contribution in [0.15, 0.2) is 30.3 Å². The summed E-state index contributed by atoms with van der Waals surface area (Å²) in [5, 5.41) is 2.25. The summed E-state index contributed by atoms with van der Waals surface area (Å²) in [6.07, 6.45) is 3.51. The maximum atomic E-state index is 13.3. The SMILES string of the molecule is CN(C)S(=O)(=O)N1CCC[C@H](C(=O)c2ccc3c4c(cccc24)CC3)C1. The number of carbonyl (C=O) groups is 1. The van der Waals surface area contributed by atoms with Crippen LogP contribution in [0.3, 0.4) is 0 Å². The van der Waals surface area contributed by atoms with Gasteiger partial charge in [0.15, 0.2) is 5.78 Å². The van der Waals surface area contributed by atoms with Gasteiger partial charge in [-0.2, -0.15) is 17.0 Å². The van der Waals surface area contributed by atoms with Crippen molar-refractivity contribution in [3.63, 3.8) is 0 Å². The summed E-state index contributed by atoms with van der Waals surface area (Å²) in [5.41, 5.74) is 3.36. The fourth-order valence-electron chi connectivity index (χ4n) is 4.28. The van der Waals surface area contributed by atoms with Gasteiger partial charge in [0.05, 0.1) is 0 Å². The van der Waals surface area contributed by atoms with Gasteiger partial charge in [-0.15, -0.1) is 0 Å². The third-order valence-corrected chi connectivity index (χ3v) is 7.59. The summed E-state index contributed by atoms with van der Waals surface area (Å²) < 4.78 is 27.5. The van der Waals surface area contributed by atoms with Crippen molar-refractivity contribution in [2.45, 2.75) is 25.7 Å². The average Bonchev–Trinajstić information content (AvgIpc) is 3.06. The molecule has 2 aromatic rings. The first-order valence-electron chi connectivity index (χ1n) is 9.15. The van der Waals surface area contributed by atoms with Gasteiger partial charge in [0.25, 0.3) is 10.2 Å². The van der Waals surface area contributed by atoms with Crippen molar-refractivity contribution >= 4 is 26.8 Å². The van der Waals surface area contributed by atoms with Crippen molar-refractivity contribution in [3.8, 4) is 0 Å². The van der Waals surface area contributed by atoms with Gasteiger partial charge in [-0.25, -0.2) is 0 Å². The average molecular weight is 372 g/mol. The summed E-state index contributed by atoms with van der Waals surface area (Å²) >= 11 is 0. The topological polar surface area (TPSA) is 57.7 Å². The molecule has 1 aliphatic heterocycles. The Morgan fingerprint density at radius 1 is 1.12 bits per heavy atom. The van der Waals surface area contributed by atoms with Crippen LogP contribution in [0.1, 0.15) is 34.3 Å². The number of Topliss-reactive ketones (excluding diaryl/α,β-unsaturated/α-hetero) is 1. The minimum absolute atomic E-state index is 0.0688. The van der Waals surface area contributed by atoms with Crippen molar-refractivity contribution in [1.29, 1.82) is 0 Å². The van der Waals surface area contributed by atoms with Crippen LogP contribution in [-0.2, 0) is 23.1 Å². The highest BCUT2D eigenvalue weighted by atomic mass is 32.2. The van der Waals surface area contributed by atoms with E-state index in [1.807, 2.05) is 18.2 Å². The molecule has 1 fully saturated rings. The molecule has 0 amide bonds. The number of ketones is 1. The van der Waals surface area contributed by atoms with E-state index in [0.717, 1.165) is 30.2 Å². The van der Waals surface area contributed by atoms with Crippen LogP contribution in [0, 0.1) is 5.92 Å². The van der Waals surface area contributed by atoms with Crippen molar-refractivity contribution in [2.75, 3.05) is 27.2 Å². The van der Waals surface area contributed by atoms with E-state index in [4.69, 9.17) is 0 Å². The van der Waals surface area contributed by atoms with Crippen molar-refractivity contribution in [3.05, 3.63) is 47.0 Å². The maximum absolute atomic E-state index is 13.3. The lowest BCUT2D eigenvalue weighted by atomic mass is 9.88. The van der Waals surface area contributed by atoms with Crippen LogP contribution in [-0.4, -0.2) is 50.0 Å². The third-order valence-electron chi connectivity index (χ3n) is 5.68. The van der Waals surface area contributed by atoms with E-state index in [2.05, 4.69) is 12.1 Å². The fourth-order valence-corrected chi connectivity index (χ4v) is 5.47. The van der Waals surface area contributed by atoms with E-state index in [-0.39, 0.29) is 18.2 Å². The van der Waals surface area contributed by atoms with Gasteiger partial charge in [-0.1, -0.05) is 30.3 Å². The molecule has 4 rings (SSSR count). The first-order valence-corrected chi connectivity index (χ1v) is 10.5. The number of aryl methyl sites for hydroxylation is 2. The number of rotatable bonds is 4. The van der Waals surface area contributed by atoms with Crippen LogP contribution in [0.25, 0.3) is 10.8 Å². The number of nitrogens with zero attached hydrogens (tertiary/aromatic N) is 2. The molecule has 0 aromatic heterocycles. The fraction of sp³-hybridized carbons (Fsp3) is 0.450. The lowest BCUT2D eigenvalue weighted by Gasteiger charge is -2.33. The van der Waals surface area contributed by atoms with E-state index < -0.39 is 10.2 Å². The predicted molar refractivity (Wildman–Crippen MR) is 103 cm³/mol. The Morgan fingerprint density at radius 2 is 1.85 bits per heavy atom. The molecule has 0 N–H and O–H groups in total. The lowest BCUT2D eigenvalue weighted by molar-refractivity contribution is 0.0872. The predicted octanol–water partition coefficient (Wildman–Crippen LogP) is 2.64. The Kier molecular flexibility index (Phi) is 4.37. The zero-order valence-electron chi connectivity index (χ0n) is 15.2. The molecule has 0 radical (unpaired) electrons. The number of carbonyl (C=O) groups excluding carboxylic acids is 1. The minimum atomic E-state index is -3.48. The smallest absolute Gasteiger partial charge is 0.281 e. The van der Waals surface area contributed by atoms with Gasteiger partial charge < -0.3 is 0 Å². The molecule has 6 heteroatoms. The van der Waals surface area contributed by atoms with Crippen LogP contribution < -0.4 is 0 Å². The molecule has 0 unspecified atom stereocenters. The van der Waals surface area contributed by atoms with Crippen LogP contribution >= 0.6 is 0 Å². The monoisotopic (exact) mass is 372 g/mol. The standard InChI is InChI=1S/C20H24N2O3S/c1-21(2)26(24,25)22-12-4-6-16(13-22)20(23)18-11-10-15-9-8-14-5-3-7-17(18)19(14)15/h3,5,7,10-11,16H,4,6,8-9,12-13H2,1-2H3/t16-/m0/s1. The molecule has 1 heterocycles. The molecule has 1 saturated heterocycles. The molecule has 2 aromatic carbocycles. The Labute approximate surface area is 154 Å². The van der Waals surface area contributed by atoms with Crippen LogP contribution in [0.4, 0.5) is 0 Å². The molecule has 0 spiro atoms. The molecule has 2 aliphatic rings. The molecular formula is C20H24N2O3S. The second-order valence-corrected chi connectivity index (χ2v) is 9.61. The highest BCUT2D eigenvalue weighted by Crippen LogP contribution is 2.34. The number of piperidine rings is 1. The molecule has 0 bridgehead atoms. The molecular weight excluding hydrogens is 348 g/mol. The summed E-state index contributed by atoms with van der Waals surface area (Å²) in [5.74, 6) is -0.212. The third kappa shape index (κ3) is 2.76. The van der Waals surface area contributed by atoms with Crippen LogP contribution in [0.5, 0.6) is 0 Å². The lowest BCUT2D eigenvalue weighted by Crippen LogP contribution is -2.47. The number of benzene rings is 2. The number of hydrogen-bond donors (Lipinski definition) is 0. The van der Waals surface area contributed by atoms with E-state index >= 15 is 0 Å². The van der Waals surface area contributed by atoms with Gasteiger partial charge in [-0.05, 0) is 47.6 Å². The summed E-state index contributed by atoms with van der Waals surface area (Å²) in [7, 11) is -0.417. The Morgan fingerprint density at radius 3 is 2.58 bits per heavy atom. The molecule has 138 valence electrons. The van der Waals surface area contributed by atoms with E-state index in [9.17, 15) is 13.2 Å². The van der Waals surface area contributed by atoms with E-state index in [0.29, 0.717) is 13.0 Å². The zero-order chi connectivity index (χ0) is 18.5. The van der Waals surface area contributed by atoms with Crippen LogP contribution in [0.2, 0.25) is 0 Å². The first-order chi connectivity index (χ1) is 12.4. The minimum Gasteiger partial charge on any atom is -0.294 e. The highest BCUT2D eigenvalue weighted by Gasteiger charge is 2.34. The van der Waals surface area contributed by atoms with Crippen molar-refractivity contribution in [2.24, 2.45) is 5.92 Å². The quantitative estimate of drug-likeness (QED) is 0.776. The van der Waals surface area contributed by atoms with E-state index in [1.54, 1.807) is 0 Å². The summed E-state index contributed by atoms with van der Waals surface area (Å²) in [4.78, 5) is 13.3. The Hall–Kier alpha value is -1.76. The molecule has 1 atom stereocenters. The first kappa shape index (κ1) is 17.6. The molecule has 1 aliphatic carbocycles. The van der Waals surface area contributed by atoms with E-state index in [1.165, 1.54) is 39.2 Å². The number of hydrogen-bond acceptors (Lipinski definition) is 3. The maximum Gasteiger partial charge on any atom is 0.281 e. The van der Waals surface area contributed by atoms with Gasteiger partial charge in [0.1, 0.15) is 0 Å². The Balaban J connectivity index is 1.68. The highest BCUT2D eigenvalue weighted by molar-refractivity contribution is 7.86. The van der Waals surface area contributed by atoms with Crippen molar-refractivity contribution in [1.82, 2.24) is 8.61 Å². The summed E-state index contributed by atoms with van der Waals surface area (Å²) in [6, 6.07) is 10.2. The summed E-state index contributed by atoms with van der Waals surface area (Å²) in [6.45, 7) is 0.746. The molecule has 0 saturated carbocycles. The molecule has 26 heavy (non-hydrogen) atoms. The normalized spacial score (nSPS) is 20.8. The second kappa shape index (κ2) is 6.44. The zero-order valence-corrected chi connectivity index (χ0v) is 16.1. The van der Waals surface area contributed by atoms with Gasteiger partial charge in [0.2, 0.25) is 0 Å². The van der Waals surface area contributed by atoms with Crippen molar-refractivity contribution < 1.29 is 13.2 Å². The second-order valence-electron chi connectivity index (χ2n) is 7.46. The van der Waals surface area contributed by atoms with Gasteiger partial charge >= 0.3 is 0 Å². The van der Waals surface area contributed by atoms with Gasteiger partial charge in [0, 0.05) is 38.7 Å². The largest absolute Gasteiger partial charge is 0.294 e. The Bertz CT molecular complexity index is 972.